The number of phenols is 1. The molecule has 2 fully saturated rings. The molecule has 3 atom stereocenters. The molecule has 0 aromatic heterocycles. The maximum Gasteiger partial charge on any atom is 0.257 e. The molecule has 0 saturated heterocycles. The number of carbonyl (C=O) groups excluding carboxylic acids is 1. The number of phenolic OH excluding ortho intramolecular Hbond substituents is 1. The van der Waals surface area contributed by atoms with E-state index in [9.17, 15) is 9.90 Å². The quantitative estimate of drug-likeness (QED) is 0.918. The molecule has 2 aliphatic carbocycles. The van der Waals surface area contributed by atoms with Crippen molar-refractivity contribution in [1.82, 2.24) is 4.90 Å². The van der Waals surface area contributed by atoms with Gasteiger partial charge < -0.3 is 10.0 Å². The van der Waals surface area contributed by atoms with Crippen molar-refractivity contribution >= 4 is 5.91 Å². The fourth-order valence-corrected chi connectivity index (χ4v) is 4.06. The first-order valence-electron chi connectivity index (χ1n) is 7.59. The maximum absolute atomic E-state index is 12.4. The van der Waals surface area contributed by atoms with Crippen molar-refractivity contribution in [2.45, 2.75) is 32.6 Å². The zero-order valence-electron chi connectivity index (χ0n) is 12.3. The molecule has 2 saturated carbocycles. The number of fused-ring (bicyclic) bond motifs is 2. The van der Waals surface area contributed by atoms with Crippen LogP contribution in [0.3, 0.4) is 0 Å². The number of amides is 1. The Hall–Kier alpha value is -1.51. The van der Waals surface area contributed by atoms with Crippen LogP contribution in [-0.4, -0.2) is 29.5 Å². The molecule has 1 aromatic carbocycles. The van der Waals surface area contributed by atoms with E-state index in [1.165, 1.54) is 25.7 Å². The molecule has 3 nitrogen and oxygen atoms in total. The van der Waals surface area contributed by atoms with Crippen LogP contribution >= 0.6 is 0 Å². The molecule has 0 heterocycles. The predicted octanol–water partition coefficient (Wildman–Crippen LogP) is 3.21. The molecular formula is C17H23NO2. The van der Waals surface area contributed by atoms with Gasteiger partial charge in [0, 0.05) is 13.6 Å². The van der Waals surface area contributed by atoms with Crippen molar-refractivity contribution in [2.24, 2.45) is 17.8 Å². The Kier molecular flexibility index (Phi) is 3.45. The summed E-state index contributed by atoms with van der Waals surface area (Å²) in [5.41, 5.74) is 1.39. The summed E-state index contributed by atoms with van der Waals surface area (Å²) in [7, 11) is 1.85. The largest absolute Gasteiger partial charge is 0.507 e. The van der Waals surface area contributed by atoms with Crippen molar-refractivity contribution in [2.75, 3.05) is 13.6 Å². The van der Waals surface area contributed by atoms with Gasteiger partial charge in [0.25, 0.3) is 5.91 Å². The normalized spacial score (nSPS) is 27.8. The molecule has 0 spiro atoms. The molecule has 0 radical (unpaired) electrons. The van der Waals surface area contributed by atoms with Crippen LogP contribution in [0.1, 0.15) is 41.6 Å². The van der Waals surface area contributed by atoms with E-state index in [2.05, 4.69) is 0 Å². The van der Waals surface area contributed by atoms with Gasteiger partial charge in [0.15, 0.2) is 0 Å². The standard InChI is InChI=1S/C17H23NO2/c1-11-3-6-15(16(19)7-11)17(20)18(2)10-14-9-12-4-5-13(14)8-12/h3,6-7,12-14,19H,4-5,8-10H2,1-2H3. The summed E-state index contributed by atoms with van der Waals surface area (Å²) in [6.07, 6.45) is 5.37. The number of aromatic hydroxyl groups is 1. The molecule has 1 N–H and O–H groups in total. The van der Waals surface area contributed by atoms with E-state index >= 15 is 0 Å². The molecule has 1 amide bonds. The Balaban J connectivity index is 1.67. The third-order valence-corrected chi connectivity index (χ3v) is 5.12. The van der Waals surface area contributed by atoms with Gasteiger partial charge in [0.1, 0.15) is 5.75 Å². The number of rotatable bonds is 3. The van der Waals surface area contributed by atoms with E-state index in [0.717, 1.165) is 23.9 Å². The highest BCUT2D eigenvalue weighted by Crippen LogP contribution is 2.48. The van der Waals surface area contributed by atoms with Crippen LogP contribution in [-0.2, 0) is 0 Å². The van der Waals surface area contributed by atoms with Crippen molar-refractivity contribution in [3.63, 3.8) is 0 Å². The van der Waals surface area contributed by atoms with Gasteiger partial charge in [-0.1, -0.05) is 12.5 Å². The zero-order chi connectivity index (χ0) is 14.3. The highest BCUT2D eigenvalue weighted by molar-refractivity contribution is 5.96. The van der Waals surface area contributed by atoms with E-state index in [1.54, 1.807) is 17.0 Å². The van der Waals surface area contributed by atoms with E-state index in [4.69, 9.17) is 0 Å². The van der Waals surface area contributed by atoms with Gasteiger partial charge in [-0.15, -0.1) is 0 Å². The summed E-state index contributed by atoms with van der Waals surface area (Å²) in [4.78, 5) is 14.2. The monoisotopic (exact) mass is 273 g/mol. The number of hydrogen-bond donors (Lipinski definition) is 1. The summed E-state index contributed by atoms with van der Waals surface area (Å²) in [5, 5.41) is 9.93. The number of aryl methyl sites for hydroxylation is 1. The highest BCUT2D eigenvalue weighted by atomic mass is 16.3. The lowest BCUT2D eigenvalue weighted by molar-refractivity contribution is 0.0751. The first kappa shape index (κ1) is 13.5. The topological polar surface area (TPSA) is 40.5 Å². The van der Waals surface area contributed by atoms with E-state index in [1.807, 2.05) is 20.0 Å². The minimum atomic E-state index is -0.0646. The second-order valence-electron chi connectivity index (χ2n) is 6.64. The van der Waals surface area contributed by atoms with Gasteiger partial charge in [-0.05, 0) is 61.6 Å². The maximum atomic E-state index is 12.4. The fraction of sp³-hybridized carbons (Fsp3) is 0.588. The molecule has 108 valence electrons. The first-order valence-corrected chi connectivity index (χ1v) is 7.59. The van der Waals surface area contributed by atoms with Gasteiger partial charge in [-0.25, -0.2) is 0 Å². The average Bonchev–Trinajstić information content (AvgIpc) is 3.00. The van der Waals surface area contributed by atoms with Crippen LogP contribution in [0.15, 0.2) is 18.2 Å². The van der Waals surface area contributed by atoms with E-state index in [-0.39, 0.29) is 11.7 Å². The molecule has 2 aliphatic rings. The molecule has 1 aromatic rings. The number of carbonyl (C=O) groups is 1. The van der Waals surface area contributed by atoms with Crippen LogP contribution in [0.4, 0.5) is 0 Å². The van der Waals surface area contributed by atoms with Crippen LogP contribution in [0.25, 0.3) is 0 Å². The van der Waals surface area contributed by atoms with E-state index in [0.29, 0.717) is 11.5 Å². The molecule has 20 heavy (non-hydrogen) atoms. The van der Waals surface area contributed by atoms with Gasteiger partial charge in [0.05, 0.1) is 5.56 Å². The highest BCUT2D eigenvalue weighted by Gasteiger charge is 2.40. The van der Waals surface area contributed by atoms with Gasteiger partial charge >= 0.3 is 0 Å². The van der Waals surface area contributed by atoms with Crippen LogP contribution in [0, 0.1) is 24.7 Å². The molecule has 3 heteroatoms. The fourth-order valence-electron chi connectivity index (χ4n) is 4.06. The Labute approximate surface area is 120 Å². The average molecular weight is 273 g/mol. The van der Waals surface area contributed by atoms with Gasteiger partial charge in [-0.3, -0.25) is 4.79 Å². The molecule has 0 aliphatic heterocycles. The first-order chi connectivity index (χ1) is 9.54. The number of hydrogen-bond acceptors (Lipinski definition) is 2. The zero-order valence-corrected chi connectivity index (χ0v) is 12.3. The van der Waals surface area contributed by atoms with E-state index < -0.39 is 0 Å². The summed E-state index contributed by atoms with van der Waals surface area (Å²) in [5.74, 6) is 2.42. The lowest BCUT2D eigenvalue weighted by Gasteiger charge is -2.27. The number of benzene rings is 1. The third-order valence-electron chi connectivity index (χ3n) is 5.12. The third kappa shape index (κ3) is 2.41. The lowest BCUT2D eigenvalue weighted by atomic mass is 9.88. The van der Waals surface area contributed by atoms with Gasteiger partial charge in [0.2, 0.25) is 0 Å². The molecule has 3 unspecified atom stereocenters. The Morgan fingerprint density at radius 1 is 1.35 bits per heavy atom. The van der Waals surface area contributed by atoms with Crippen molar-refractivity contribution < 1.29 is 9.90 Å². The van der Waals surface area contributed by atoms with Crippen LogP contribution in [0.2, 0.25) is 0 Å². The van der Waals surface area contributed by atoms with Gasteiger partial charge in [-0.2, -0.15) is 0 Å². The minimum absolute atomic E-state index is 0.0646. The Morgan fingerprint density at radius 2 is 2.15 bits per heavy atom. The smallest absolute Gasteiger partial charge is 0.257 e. The molecule has 2 bridgehead atoms. The van der Waals surface area contributed by atoms with Crippen molar-refractivity contribution in [1.29, 1.82) is 0 Å². The second kappa shape index (κ2) is 5.12. The Bertz CT molecular complexity index is 526. The van der Waals surface area contributed by atoms with Crippen molar-refractivity contribution in [3.8, 4) is 5.75 Å². The SMILES string of the molecule is Cc1ccc(C(=O)N(C)CC2CC3CCC2C3)c(O)c1. The second-order valence-corrected chi connectivity index (χ2v) is 6.64. The number of nitrogens with zero attached hydrogens (tertiary/aromatic N) is 1. The summed E-state index contributed by atoms with van der Waals surface area (Å²) in [6.45, 7) is 2.74. The summed E-state index contributed by atoms with van der Waals surface area (Å²) in [6, 6.07) is 5.25. The molecular weight excluding hydrogens is 250 g/mol. The summed E-state index contributed by atoms with van der Waals surface area (Å²) < 4.78 is 0. The Morgan fingerprint density at radius 3 is 2.75 bits per heavy atom. The minimum Gasteiger partial charge on any atom is -0.507 e. The lowest BCUT2D eigenvalue weighted by Crippen LogP contribution is -2.33. The summed E-state index contributed by atoms with van der Waals surface area (Å²) >= 11 is 0. The van der Waals surface area contributed by atoms with Crippen LogP contribution in [0.5, 0.6) is 5.75 Å². The van der Waals surface area contributed by atoms with Crippen molar-refractivity contribution in [3.05, 3.63) is 29.3 Å². The molecule has 3 rings (SSSR count). The van der Waals surface area contributed by atoms with Crippen LogP contribution < -0.4 is 0 Å². The predicted molar refractivity (Wildman–Crippen MR) is 78.7 cm³/mol.